The summed E-state index contributed by atoms with van der Waals surface area (Å²) in [5, 5.41) is 10.9. The second-order valence-corrected chi connectivity index (χ2v) is 8.95. The van der Waals surface area contributed by atoms with Crippen LogP contribution in [0.15, 0.2) is 18.2 Å². The number of anilines is 4. The van der Waals surface area contributed by atoms with E-state index in [0.717, 1.165) is 38.0 Å². The second kappa shape index (κ2) is 11.0. The first-order valence-electron chi connectivity index (χ1n) is 11.8. The maximum absolute atomic E-state index is 6.30. The number of hydrogen-bond acceptors (Lipinski definition) is 8. The van der Waals surface area contributed by atoms with Gasteiger partial charge in [-0.15, -0.1) is 0 Å². The van der Waals surface area contributed by atoms with Crippen LogP contribution in [0.5, 0.6) is 5.75 Å². The molecule has 2 heterocycles. The molecule has 2 fully saturated rings. The van der Waals surface area contributed by atoms with Crippen LogP contribution >= 0.6 is 11.6 Å². The lowest BCUT2D eigenvalue weighted by Crippen LogP contribution is -2.36. The second-order valence-electron chi connectivity index (χ2n) is 8.54. The van der Waals surface area contributed by atoms with Gasteiger partial charge in [0.15, 0.2) is 0 Å². The third-order valence-electron chi connectivity index (χ3n) is 6.30. The molecule has 0 bridgehead atoms. The summed E-state index contributed by atoms with van der Waals surface area (Å²) in [7, 11) is 1.60. The average molecular weight is 460 g/mol. The fourth-order valence-corrected chi connectivity index (χ4v) is 4.82. The molecule has 3 N–H and O–H groups in total. The van der Waals surface area contributed by atoms with E-state index in [-0.39, 0.29) is 6.17 Å². The Kier molecular flexibility index (Phi) is 7.86. The minimum atomic E-state index is 0.247. The number of nitrogens with one attached hydrogen (secondary N) is 3. The summed E-state index contributed by atoms with van der Waals surface area (Å²) in [5.41, 5.74) is 0.796. The highest BCUT2D eigenvalue weighted by Crippen LogP contribution is 2.29. The van der Waals surface area contributed by atoms with Gasteiger partial charge in [-0.1, -0.05) is 44.2 Å². The first-order chi connectivity index (χ1) is 15.6. The standard InChI is InChI=1S/C23H34ClN7O/c1-3-31-14-8-11-20(31)27-23-29-21(25-16-9-6-4-5-7-10-16)28-22(30-23)26-17-12-13-19(32-2)18(24)15-17/h12-13,15-16,20H,3-11,14H2,1-2H3,(H3,25,26,27,28,29,30). The number of likely N-dealkylation sites (tertiary alicyclic amines) is 1. The first kappa shape index (κ1) is 22.9. The van der Waals surface area contributed by atoms with Gasteiger partial charge in [-0.3, -0.25) is 4.90 Å². The van der Waals surface area contributed by atoms with Gasteiger partial charge in [0.05, 0.1) is 18.3 Å². The van der Waals surface area contributed by atoms with Gasteiger partial charge in [0.25, 0.3) is 0 Å². The lowest BCUT2D eigenvalue weighted by Gasteiger charge is -2.24. The van der Waals surface area contributed by atoms with Crippen molar-refractivity contribution in [2.45, 2.75) is 70.5 Å². The average Bonchev–Trinajstić information content (AvgIpc) is 3.07. The number of nitrogens with zero attached hydrogens (tertiary/aromatic N) is 4. The lowest BCUT2D eigenvalue weighted by atomic mass is 10.1. The highest BCUT2D eigenvalue weighted by molar-refractivity contribution is 6.32. The van der Waals surface area contributed by atoms with Gasteiger partial charge in [0.1, 0.15) is 5.75 Å². The Morgan fingerprint density at radius 2 is 1.69 bits per heavy atom. The van der Waals surface area contributed by atoms with E-state index in [1.165, 1.54) is 32.1 Å². The molecule has 4 rings (SSSR count). The van der Waals surface area contributed by atoms with E-state index >= 15 is 0 Å². The van der Waals surface area contributed by atoms with Gasteiger partial charge in [0.2, 0.25) is 17.8 Å². The van der Waals surface area contributed by atoms with Crippen molar-refractivity contribution in [2.75, 3.05) is 36.1 Å². The van der Waals surface area contributed by atoms with E-state index in [4.69, 9.17) is 21.3 Å². The van der Waals surface area contributed by atoms with Gasteiger partial charge in [-0.25, -0.2) is 0 Å². The van der Waals surface area contributed by atoms with Crippen LogP contribution in [0.3, 0.4) is 0 Å². The van der Waals surface area contributed by atoms with Gasteiger partial charge >= 0.3 is 0 Å². The Morgan fingerprint density at radius 1 is 0.969 bits per heavy atom. The van der Waals surface area contributed by atoms with Crippen LogP contribution in [0.2, 0.25) is 5.02 Å². The third kappa shape index (κ3) is 5.92. The molecule has 32 heavy (non-hydrogen) atoms. The molecule has 0 spiro atoms. The van der Waals surface area contributed by atoms with Crippen molar-refractivity contribution in [2.24, 2.45) is 0 Å². The van der Waals surface area contributed by atoms with E-state index in [2.05, 4.69) is 37.7 Å². The number of aromatic nitrogens is 3. The molecule has 1 aromatic heterocycles. The Hall–Kier alpha value is -2.32. The molecule has 174 valence electrons. The van der Waals surface area contributed by atoms with Gasteiger partial charge < -0.3 is 20.7 Å². The molecule has 1 unspecified atom stereocenters. The molecule has 1 aliphatic carbocycles. The Labute approximate surface area is 195 Å². The molecule has 1 saturated carbocycles. The Bertz CT molecular complexity index is 889. The number of methoxy groups -OCH3 is 1. The van der Waals surface area contributed by atoms with Crippen molar-refractivity contribution in [3.8, 4) is 5.75 Å². The highest BCUT2D eigenvalue weighted by atomic mass is 35.5. The molecule has 8 nitrogen and oxygen atoms in total. The predicted octanol–water partition coefficient (Wildman–Crippen LogP) is 5.27. The number of rotatable bonds is 8. The van der Waals surface area contributed by atoms with Crippen LogP contribution < -0.4 is 20.7 Å². The zero-order valence-electron chi connectivity index (χ0n) is 19.0. The summed E-state index contributed by atoms with van der Waals surface area (Å²) in [6, 6.07) is 5.93. The van der Waals surface area contributed by atoms with Crippen molar-refractivity contribution < 1.29 is 4.74 Å². The molecule has 2 aliphatic rings. The number of halogens is 1. The van der Waals surface area contributed by atoms with Crippen molar-refractivity contribution in [3.05, 3.63) is 23.2 Å². The SMILES string of the molecule is CCN1CCCC1Nc1nc(Nc2ccc(OC)c(Cl)c2)nc(NC2CCCCCC2)n1. The Morgan fingerprint density at radius 3 is 2.38 bits per heavy atom. The van der Waals surface area contributed by atoms with Crippen LogP contribution in [0.1, 0.15) is 58.3 Å². The van der Waals surface area contributed by atoms with Crippen LogP contribution in [0.25, 0.3) is 0 Å². The normalized spacial score (nSPS) is 20.0. The fourth-order valence-electron chi connectivity index (χ4n) is 4.56. The molecule has 1 aromatic carbocycles. The highest BCUT2D eigenvalue weighted by Gasteiger charge is 2.24. The van der Waals surface area contributed by atoms with Crippen molar-refractivity contribution in [3.63, 3.8) is 0 Å². The maximum Gasteiger partial charge on any atom is 0.233 e. The number of hydrogen-bond donors (Lipinski definition) is 3. The van der Waals surface area contributed by atoms with Gasteiger partial charge in [0, 0.05) is 18.3 Å². The van der Waals surface area contributed by atoms with Crippen molar-refractivity contribution in [1.29, 1.82) is 0 Å². The van der Waals surface area contributed by atoms with Crippen LogP contribution in [-0.4, -0.2) is 52.3 Å². The summed E-state index contributed by atoms with van der Waals surface area (Å²) >= 11 is 6.30. The summed E-state index contributed by atoms with van der Waals surface area (Å²) < 4.78 is 5.25. The van der Waals surface area contributed by atoms with Crippen LogP contribution in [-0.2, 0) is 0 Å². The van der Waals surface area contributed by atoms with E-state index in [9.17, 15) is 0 Å². The summed E-state index contributed by atoms with van der Waals surface area (Å²) in [4.78, 5) is 16.5. The third-order valence-corrected chi connectivity index (χ3v) is 6.59. The summed E-state index contributed by atoms with van der Waals surface area (Å²) in [5.74, 6) is 2.31. The van der Waals surface area contributed by atoms with Crippen molar-refractivity contribution >= 4 is 35.1 Å². The van der Waals surface area contributed by atoms with Crippen LogP contribution in [0.4, 0.5) is 23.5 Å². The predicted molar refractivity (Wildman–Crippen MR) is 130 cm³/mol. The zero-order chi connectivity index (χ0) is 22.3. The molecule has 2 aromatic rings. The summed E-state index contributed by atoms with van der Waals surface area (Å²) in [6.07, 6.45) is 9.92. The minimum absolute atomic E-state index is 0.247. The largest absolute Gasteiger partial charge is 0.495 e. The van der Waals surface area contributed by atoms with Gasteiger partial charge in [-0.05, 0) is 50.4 Å². The molecule has 1 aliphatic heterocycles. The van der Waals surface area contributed by atoms with E-state index < -0.39 is 0 Å². The minimum Gasteiger partial charge on any atom is -0.495 e. The van der Waals surface area contributed by atoms with E-state index in [1.807, 2.05) is 18.2 Å². The molecular formula is C23H34ClN7O. The van der Waals surface area contributed by atoms with E-state index in [1.54, 1.807) is 7.11 Å². The van der Waals surface area contributed by atoms with Crippen molar-refractivity contribution in [1.82, 2.24) is 19.9 Å². The number of benzene rings is 1. The topological polar surface area (TPSA) is 87.2 Å². The molecular weight excluding hydrogens is 426 g/mol. The molecule has 0 amide bonds. The molecule has 0 radical (unpaired) electrons. The molecule has 1 saturated heterocycles. The smallest absolute Gasteiger partial charge is 0.233 e. The molecule has 9 heteroatoms. The fraction of sp³-hybridized carbons (Fsp3) is 0.609. The lowest BCUT2D eigenvalue weighted by molar-refractivity contribution is 0.289. The first-order valence-corrected chi connectivity index (χ1v) is 12.2. The monoisotopic (exact) mass is 459 g/mol. The van der Waals surface area contributed by atoms with Gasteiger partial charge in [-0.2, -0.15) is 15.0 Å². The number of ether oxygens (including phenoxy) is 1. The Balaban J connectivity index is 1.56. The van der Waals surface area contributed by atoms with Crippen LogP contribution in [0, 0.1) is 0 Å². The van der Waals surface area contributed by atoms with E-state index in [0.29, 0.717) is 34.7 Å². The quantitative estimate of drug-likeness (QED) is 0.460. The summed E-state index contributed by atoms with van der Waals surface area (Å²) in [6.45, 7) is 4.29. The molecule has 1 atom stereocenters. The maximum atomic E-state index is 6.30. The zero-order valence-corrected chi connectivity index (χ0v) is 19.8.